The van der Waals surface area contributed by atoms with E-state index in [1.54, 1.807) is 13.8 Å². The van der Waals surface area contributed by atoms with E-state index in [1.807, 2.05) is 0 Å². The number of ether oxygens (including phenoxy) is 1. The summed E-state index contributed by atoms with van der Waals surface area (Å²) in [6.45, 7) is 4.28. The zero-order valence-electron chi connectivity index (χ0n) is 8.78. The predicted molar refractivity (Wildman–Crippen MR) is 50.8 cm³/mol. The van der Waals surface area contributed by atoms with Gasteiger partial charge in [0.05, 0.1) is 13.2 Å². The summed E-state index contributed by atoms with van der Waals surface area (Å²) < 4.78 is 4.77. The molecule has 1 rings (SSSR count). The molecule has 0 saturated carbocycles. The maximum atomic E-state index is 11.3. The molecule has 1 aliphatic rings. The molecule has 1 aliphatic heterocycles. The number of hydrogen-bond acceptors (Lipinski definition) is 4. The molecular weight excluding hydrogens is 200 g/mol. The Kier molecular flexibility index (Phi) is 3.65. The average Bonchev–Trinajstić information content (AvgIpc) is 2.22. The fourth-order valence-corrected chi connectivity index (χ4v) is 1.36. The van der Waals surface area contributed by atoms with Gasteiger partial charge in [0.25, 0.3) is 0 Å². The van der Waals surface area contributed by atoms with E-state index in [1.165, 1.54) is 4.90 Å². The fourth-order valence-electron chi connectivity index (χ4n) is 1.36. The van der Waals surface area contributed by atoms with Gasteiger partial charge in [-0.2, -0.15) is 0 Å². The normalized spacial score (nSPS) is 21.2. The fraction of sp³-hybridized carbons (Fsp3) is 0.667. The van der Waals surface area contributed by atoms with Gasteiger partial charge >= 0.3 is 17.8 Å². The van der Waals surface area contributed by atoms with Crippen LogP contribution in [0.1, 0.15) is 13.8 Å². The van der Waals surface area contributed by atoms with Crippen LogP contribution in [0, 0.1) is 0 Å². The highest BCUT2D eigenvalue weighted by Gasteiger charge is 2.35. The Labute approximate surface area is 87.6 Å². The molecule has 1 atom stereocenters. The first-order valence-corrected chi connectivity index (χ1v) is 4.86. The molecular formula is C9H14N2O4. The van der Waals surface area contributed by atoms with E-state index in [9.17, 15) is 14.4 Å². The van der Waals surface area contributed by atoms with Crippen LogP contribution in [0.25, 0.3) is 0 Å². The van der Waals surface area contributed by atoms with Crippen LogP contribution in [-0.4, -0.2) is 48.4 Å². The smallest absolute Gasteiger partial charge is 0.330 e. The number of amides is 2. The lowest BCUT2D eigenvalue weighted by molar-refractivity contribution is -0.156. The number of likely N-dealkylation sites (N-methyl/N-ethyl adjacent to an activating group) is 1. The Balaban J connectivity index is 2.67. The van der Waals surface area contributed by atoms with Gasteiger partial charge in [0.1, 0.15) is 6.04 Å². The summed E-state index contributed by atoms with van der Waals surface area (Å²) in [4.78, 5) is 35.1. The van der Waals surface area contributed by atoms with E-state index in [-0.39, 0.29) is 13.2 Å². The molecule has 2 amide bonds. The van der Waals surface area contributed by atoms with Gasteiger partial charge in [-0.05, 0) is 13.8 Å². The minimum Gasteiger partial charge on any atom is -0.464 e. The highest BCUT2D eigenvalue weighted by Crippen LogP contribution is 2.03. The first kappa shape index (κ1) is 11.5. The van der Waals surface area contributed by atoms with Crippen LogP contribution >= 0.6 is 0 Å². The second-order valence-electron chi connectivity index (χ2n) is 3.12. The lowest BCUT2D eigenvalue weighted by Gasteiger charge is -2.30. The van der Waals surface area contributed by atoms with Gasteiger partial charge in [0.15, 0.2) is 0 Å². The first-order valence-electron chi connectivity index (χ1n) is 4.86. The third-order valence-corrected chi connectivity index (χ3v) is 2.14. The van der Waals surface area contributed by atoms with E-state index in [0.717, 1.165) is 0 Å². The minimum atomic E-state index is -0.749. The summed E-state index contributed by atoms with van der Waals surface area (Å²) in [5.74, 6) is -1.85. The van der Waals surface area contributed by atoms with Gasteiger partial charge in [0.2, 0.25) is 0 Å². The molecule has 84 valence electrons. The Morgan fingerprint density at radius 2 is 2.20 bits per heavy atom. The van der Waals surface area contributed by atoms with E-state index in [2.05, 4.69) is 5.32 Å². The Bertz CT molecular complexity index is 290. The number of hydrogen-bond donors (Lipinski definition) is 1. The molecule has 0 aliphatic carbocycles. The molecule has 0 spiro atoms. The highest BCUT2D eigenvalue weighted by atomic mass is 16.5. The van der Waals surface area contributed by atoms with Crippen molar-refractivity contribution in [2.45, 2.75) is 19.9 Å². The number of esters is 1. The van der Waals surface area contributed by atoms with Gasteiger partial charge < -0.3 is 15.0 Å². The number of piperazine rings is 1. The SMILES string of the molecule is CCOC(=O)C1CN(CC)C(=O)C(=O)N1. The topological polar surface area (TPSA) is 75.7 Å². The van der Waals surface area contributed by atoms with Crippen LogP contribution < -0.4 is 5.32 Å². The van der Waals surface area contributed by atoms with Crippen LogP contribution in [0.3, 0.4) is 0 Å². The van der Waals surface area contributed by atoms with Gasteiger partial charge in [0, 0.05) is 6.54 Å². The van der Waals surface area contributed by atoms with Gasteiger partial charge in [-0.1, -0.05) is 0 Å². The molecule has 15 heavy (non-hydrogen) atoms. The van der Waals surface area contributed by atoms with Crippen molar-refractivity contribution in [3.05, 3.63) is 0 Å². The first-order chi connectivity index (χ1) is 7.10. The van der Waals surface area contributed by atoms with Gasteiger partial charge in [-0.15, -0.1) is 0 Å². The number of nitrogens with zero attached hydrogens (tertiary/aromatic N) is 1. The van der Waals surface area contributed by atoms with Crippen LogP contribution in [0.15, 0.2) is 0 Å². The Hall–Kier alpha value is -1.59. The van der Waals surface area contributed by atoms with Crippen molar-refractivity contribution in [2.24, 2.45) is 0 Å². The molecule has 1 heterocycles. The maximum absolute atomic E-state index is 11.3. The molecule has 0 aromatic carbocycles. The molecule has 1 N–H and O–H groups in total. The molecule has 0 aromatic heterocycles. The highest BCUT2D eigenvalue weighted by molar-refractivity contribution is 6.36. The van der Waals surface area contributed by atoms with E-state index < -0.39 is 23.8 Å². The van der Waals surface area contributed by atoms with Crippen LogP contribution in [0.2, 0.25) is 0 Å². The summed E-state index contributed by atoms with van der Waals surface area (Å²) in [5, 5.41) is 2.31. The van der Waals surface area contributed by atoms with Crippen molar-refractivity contribution in [1.29, 1.82) is 0 Å². The molecule has 1 fully saturated rings. The molecule has 6 heteroatoms. The molecule has 0 bridgehead atoms. The van der Waals surface area contributed by atoms with Crippen LogP contribution in [-0.2, 0) is 19.1 Å². The third kappa shape index (κ3) is 2.45. The van der Waals surface area contributed by atoms with Crippen molar-refractivity contribution in [1.82, 2.24) is 10.2 Å². The van der Waals surface area contributed by atoms with Crippen LogP contribution in [0.4, 0.5) is 0 Å². The number of rotatable bonds is 3. The van der Waals surface area contributed by atoms with E-state index in [0.29, 0.717) is 6.54 Å². The van der Waals surface area contributed by atoms with Crippen molar-refractivity contribution >= 4 is 17.8 Å². The quantitative estimate of drug-likeness (QED) is 0.478. The summed E-state index contributed by atoms with van der Waals surface area (Å²) in [7, 11) is 0. The average molecular weight is 214 g/mol. The molecule has 6 nitrogen and oxygen atoms in total. The summed E-state index contributed by atoms with van der Waals surface area (Å²) in [6.07, 6.45) is 0. The lowest BCUT2D eigenvalue weighted by Crippen LogP contribution is -2.60. The van der Waals surface area contributed by atoms with E-state index >= 15 is 0 Å². The largest absolute Gasteiger partial charge is 0.464 e. The monoisotopic (exact) mass is 214 g/mol. The zero-order chi connectivity index (χ0) is 11.4. The number of nitrogens with one attached hydrogen (secondary N) is 1. The molecule has 0 radical (unpaired) electrons. The van der Waals surface area contributed by atoms with Gasteiger partial charge in [-0.3, -0.25) is 9.59 Å². The zero-order valence-corrected chi connectivity index (χ0v) is 8.78. The second kappa shape index (κ2) is 4.77. The lowest BCUT2D eigenvalue weighted by atomic mass is 10.2. The predicted octanol–water partition coefficient (Wildman–Crippen LogP) is -1.10. The molecule has 1 saturated heterocycles. The van der Waals surface area contributed by atoms with Gasteiger partial charge in [-0.25, -0.2) is 4.79 Å². The van der Waals surface area contributed by atoms with E-state index in [4.69, 9.17) is 4.74 Å². The van der Waals surface area contributed by atoms with Crippen LogP contribution in [0.5, 0.6) is 0 Å². The standard InChI is InChI=1S/C9H14N2O4/c1-3-11-5-6(9(14)15-4-2)10-7(12)8(11)13/h6H,3-5H2,1-2H3,(H,10,12). The summed E-state index contributed by atoms with van der Waals surface area (Å²) in [5.41, 5.74) is 0. The summed E-state index contributed by atoms with van der Waals surface area (Å²) >= 11 is 0. The number of carbonyl (C=O) groups excluding carboxylic acids is 3. The van der Waals surface area contributed by atoms with Crippen molar-refractivity contribution < 1.29 is 19.1 Å². The minimum absolute atomic E-state index is 0.180. The third-order valence-electron chi connectivity index (χ3n) is 2.14. The Morgan fingerprint density at radius 3 is 2.73 bits per heavy atom. The molecule has 1 unspecified atom stereocenters. The number of carbonyl (C=O) groups is 3. The van der Waals surface area contributed by atoms with Crippen molar-refractivity contribution in [2.75, 3.05) is 19.7 Å². The second-order valence-corrected chi connectivity index (χ2v) is 3.12. The van der Waals surface area contributed by atoms with Crippen molar-refractivity contribution in [3.63, 3.8) is 0 Å². The maximum Gasteiger partial charge on any atom is 0.330 e. The summed E-state index contributed by atoms with van der Waals surface area (Å²) in [6, 6.07) is -0.741. The molecule has 0 aromatic rings. The van der Waals surface area contributed by atoms with Crippen molar-refractivity contribution in [3.8, 4) is 0 Å². The Morgan fingerprint density at radius 1 is 1.53 bits per heavy atom.